The molecule has 4 nitrogen and oxygen atoms in total. The van der Waals surface area contributed by atoms with E-state index in [2.05, 4.69) is 0 Å². The fourth-order valence-corrected chi connectivity index (χ4v) is 1.23. The number of hydrogen-bond acceptors (Lipinski definition) is 4. The molecular weight excluding hydrogens is 196 g/mol. The van der Waals surface area contributed by atoms with Gasteiger partial charge >= 0.3 is 0 Å². The first-order valence-corrected chi connectivity index (χ1v) is 5.10. The van der Waals surface area contributed by atoms with Gasteiger partial charge in [-0.05, 0) is 18.6 Å². The summed E-state index contributed by atoms with van der Waals surface area (Å²) in [7, 11) is 1.63. The molecule has 1 unspecified atom stereocenters. The van der Waals surface area contributed by atoms with E-state index in [4.69, 9.17) is 13.9 Å². The van der Waals surface area contributed by atoms with Crippen molar-refractivity contribution in [2.45, 2.75) is 18.9 Å². The molecule has 1 aromatic rings. The summed E-state index contributed by atoms with van der Waals surface area (Å²) >= 11 is 0. The normalized spacial score (nSPS) is 12.9. The molecule has 1 heterocycles. The average Bonchev–Trinajstić information content (AvgIpc) is 2.70. The number of furan rings is 1. The van der Waals surface area contributed by atoms with Gasteiger partial charge in [0.15, 0.2) is 0 Å². The highest BCUT2D eigenvalue weighted by atomic mass is 16.5. The molecule has 0 saturated carbocycles. The smallest absolute Gasteiger partial charge is 0.106 e. The zero-order valence-electron chi connectivity index (χ0n) is 9.02. The molecule has 0 saturated heterocycles. The summed E-state index contributed by atoms with van der Waals surface area (Å²) in [6, 6.07) is 3.67. The lowest BCUT2D eigenvalue weighted by Crippen LogP contribution is -2.14. The van der Waals surface area contributed by atoms with Crippen LogP contribution in [0.1, 0.15) is 12.2 Å². The Bertz CT molecular complexity index is 233. The van der Waals surface area contributed by atoms with Gasteiger partial charge in [0.25, 0.3) is 0 Å². The van der Waals surface area contributed by atoms with E-state index in [1.165, 1.54) is 0 Å². The number of ether oxygens (including phenoxy) is 2. The third-order valence-electron chi connectivity index (χ3n) is 2.04. The molecule has 0 aliphatic carbocycles. The molecular formula is C11H18O4. The number of hydrogen-bond donors (Lipinski definition) is 1. The van der Waals surface area contributed by atoms with E-state index in [1.54, 1.807) is 13.4 Å². The number of aliphatic hydroxyl groups excluding tert-OH is 1. The second-order valence-electron chi connectivity index (χ2n) is 3.33. The summed E-state index contributed by atoms with van der Waals surface area (Å²) in [6.07, 6.45) is 2.36. The molecule has 0 bridgehead atoms. The van der Waals surface area contributed by atoms with E-state index >= 15 is 0 Å². The van der Waals surface area contributed by atoms with Crippen LogP contribution in [-0.4, -0.2) is 38.1 Å². The quantitative estimate of drug-likeness (QED) is 0.661. The Hall–Kier alpha value is -0.840. The second kappa shape index (κ2) is 7.45. The Labute approximate surface area is 89.8 Å². The van der Waals surface area contributed by atoms with E-state index in [-0.39, 0.29) is 0 Å². The fourth-order valence-electron chi connectivity index (χ4n) is 1.23. The molecule has 1 N–H and O–H groups in total. The lowest BCUT2D eigenvalue weighted by Gasteiger charge is -2.08. The lowest BCUT2D eigenvalue weighted by atomic mass is 10.1. The first kappa shape index (κ1) is 12.2. The molecule has 4 heteroatoms. The summed E-state index contributed by atoms with van der Waals surface area (Å²) in [4.78, 5) is 0. The summed E-state index contributed by atoms with van der Waals surface area (Å²) in [5, 5.41) is 9.61. The molecule has 0 fully saturated rings. The zero-order valence-corrected chi connectivity index (χ0v) is 9.02. The molecule has 86 valence electrons. The number of methoxy groups -OCH3 is 1. The van der Waals surface area contributed by atoms with Gasteiger partial charge in [-0.25, -0.2) is 0 Å². The van der Waals surface area contributed by atoms with Crippen molar-refractivity contribution in [3.8, 4) is 0 Å². The summed E-state index contributed by atoms with van der Waals surface area (Å²) in [5.74, 6) is 0.805. The average molecular weight is 214 g/mol. The van der Waals surface area contributed by atoms with Crippen molar-refractivity contribution in [1.82, 2.24) is 0 Å². The minimum Gasteiger partial charge on any atom is -0.469 e. The molecule has 0 aliphatic rings. The summed E-state index contributed by atoms with van der Waals surface area (Å²) in [5.41, 5.74) is 0. The third kappa shape index (κ3) is 5.57. The van der Waals surface area contributed by atoms with E-state index in [9.17, 15) is 5.11 Å². The Kier molecular flexibility index (Phi) is 6.08. The SMILES string of the molecule is COCCOCCC(O)Cc1ccco1. The molecule has 1 aromatic heterocycles. The Morgan fingerprint density at radius 2 is 2.27 bits per heavy atom. The number of aliphatic hydroxyl groups is 1. The van der Waals surface area contributed by atoms with Crippen molar-refractivity contribution in [3.63, 3.8) is 0 Å². The van der Waals surface area contributed by atoms with Crippen LogP contribution >= 0.6 is 0 Å². The minimum atomic E-state index is -0.404. The van der Waals surface area contributed by atoms with Gasteiger partial charge in [0.2, 0.25) is 0 Å². The van der Waals surface area contributed by atoms with Gasteiger partial charge < -0.3 is 19.0 Å². The van der Waals surface area contributed by atoms with E-state index < -0.39 is 6.10 Å². The van der Waals surface area contributed by atoms with Crippen molar-refractivity contribution >= 4 is 0 Å². The van der Waals surface area contributed by atoms with Crippen LogP contribution in [0, 0.1) is 0 Å². The maximum atomic E-state index is 9.61. The standard InChI is InChI=1S/C11H18O4/c1-13-7-8-14-6-4-10(12)9-11-3-2-5-15-11/h2-3,5,10,12H,4,6-9H2,1H3. The molecule has 0 amide bonds. The van der Waals surface area contributed by atoms with Crippen LogP contribution in [0.3, 0.4) is 0 Å². The summed E-state index contributed by atoms with van der Waals surface area (Å²) in [6.45, 7) is 1.71. The van der Waals surface area contributed by atoms with Crippen LogP contribution in [0.5, 0.6) is 0 Å². The van der Waals surface area contributed by atoms with Crippen LogP contribution in [0.2, 0.25) is 0 Å². The van der Waals surface area contributed by atoms with Gasteiger partial charge in [-0.3, -0.25) is 0 Å². The third-order valence-corrected chi connectivity index (χ3v) is 2.04. The van der Waals surface area contributed by atoms with Gasteiger partial charge in [-0.2, -0.15) is 0 Å². The van der Waals surface area contributed by atoms with Gasteiger partial charge in [-0.15, -0.1) is 0 Å². The molecule has 1 rings (SSSR count). The first-order valence-electron chi connectivity index (χ1n) is 5.10. The lowest BCUT2D eigenvalue weighted by molar-refractivity contribution is 0.0469. The summed E-state index contributed by atoms with van der Waals surface area (Å²) < 4.78 is 15.2. The largest absolute Gasteiger partial charge is 0.469 e. The molecule has 1 atom stereocenters. The second-order valence-corrected chi connectivity index (χ2v) is 3.33. The Morgan fingerprint density at radius 1 is 1.40 bits per heavy atom. The van der Waals surface area contributed by atoms with E-state index in [0.29, 0.717) is 32.7 Å². The monoisotopic (exact) mass is 214 g/mol. The minimum absolute atomic E-state index is 0.404. The van der Waals surface area contributed by atoms with Crippen LogP contribution in [-0.2, 0) is 15.9 Å². The van der Waals surface area contributed by atoms with Crippen LogP contribution in [0.4, 0.5) is 0 Å². The maximum Gasteiger partial charge on any atom is 0.106 e. The molecule has 0 aromatic carbocycles. The first-order chi connectivity index (χ1) is 7.33. The number of rotatable bonds is 8. The van der Waals surface area contributed by atoms with Crippen molar-refractivity contribution in [2.24, 2.45) is 0 Å². The van der Waals surface area contributed by atoms with E-state index in [0.717, 1.165) is 5.76 Å². The highest BCUT2D eigenvalue weighted by molar-refractivity contribution is 4.99. The van der Waals surface area contributed by atoms with Gasteiger partial charge in [-0.1, -0.05) is 0 Å². The highest BCUT2D eigenvalue weighted by Gasteiger charge is 2.07. The van der Waals surface area contributed by atoms with E-state index in [1.807, 2.05) is 12.1 Å². The van der Waals surface area contributed by atoms with Crippen molar-refractivity contribution < 1.29 is 19.0 Å². The maximum absolute atomic E-state index is 9.61. The topological polar surface area (TPSA) is 51.8 Å². The molecule has 0 spiro atoms. The van der Waals surface area contributed by atoms with Gasteiger partial charge in [0.05, 0.1) is 25.6 Å². The Balaban J connectivity index is 2.01. The van der Waals surface area contributed by atoms with Crippen LogP contribution < -0.4 is 0 Å². The molecule has 15 heavy (non-hydrogen) atoms. The molecule has 0 radical (unpaired) electrons. The predicted molar refractivity (Wildman–Crippen MR) is 55.7 cm³/mol. The van der Waals surface area contributed by atoms with Gasteiger partial charge in [0, 0.05) is 20.1 Å². The Morgan fingerprint density at radius 3 is 2.93 bits per heavy atom. The van der Waals surface area contributed by atoms with Crippen molar-refractivity contribution in [1.29, 1.82) is 0 Å². The fraction of sp³-hybridized carbons (Fsp3) is 0.636. The highest BCUT2D eigenvalue weighted by Crippen LogP contribution is 2.06. The van der Waals surface area contributed by atoms with Crippen LogP contribution in [0.15, 0.2) is 22.8 Å². The molecule has 0 aliphatic heterocycles. The van der Waals surface area contributed by atoms with Crippen molar-refractivity contribution in [2.75, 3.05) is 26.9 Å². The van der Waals surface area contributed by atoms with Crippen LogP contribution in [0.25, 0.3) is 0 Å². The van der Waals surface area contributed by atoms with Gasteiger partial charge in [0.1, 0.15) is 5.76 Å². The zero-order chi connectivity index (χ0) is 10.9. The van der Waals surface area contributed by atoms with Crippen molar-refractivity contribution in [3.05, 3.63) is 24.2 Å². The predicted octanol–water partition coefficient (Wildman–Crippen LogP) is 1.24.